The van der Waals surface area contributed by atoms with Crippen LogP contribution in [0.4, 0.5) is 11.5 Å². The van der Waals surface area contributed by atoms with Crippen molar-refractivity contribution in [1.82, 2.24) is 9.78 Å². The molecule has 0 aliphatic rings. The molecule has 0 saturated heterocycles. The van der Waals surface area contributed by atoms with Crippen LogP contribution >= 0.6 is 11.6 Å². The number of aryl methyl sites for hydroxylation is 2. The first-order valence-corrected chi connectivity index (χ1v) is 5.85. The van der Waals surface area contributed by atoms with Gasteiger partial charge >= 0.3 is 0 Å². The van der Waals surface area contributed by atoms with Crippen LogP contribution in [-0.2, 0) is 7.05 Å². The third-order valence-corrected chi connectivity index (χ3v) is 3.00. The van der Waals surface area contributed by atoms with Gasteiger partial charge in [0.2, 0.25) is 0 Å². The molecule has 0 fully saturated rings. The highest BCUT2D eigenvalue weighted by Gasteiger charge is 2.13. The number of nitrogens with one attached hydrogen (secondary N) is 1. The summed E-state index contributed by atoms with van der Waals surface area (Å²) in [5, 5.41) is 25.6. The molecule has 1 heterocycles. The van der Waals surface area contributed by atoms with Gasteiger partial charge in [-0.25, -0.2) is 0 Å². The van der Waals surface area contributed by atoms with Crippen molar-refractivity contribution < 1.29 is 0 Å². The molecule has 6 heteroatoms. The van der Waals surface area contributed by atoms with Crippen molar-refractivity contribution in [2.45, 2.75) is 6.92 Å². The zero-order valence-corrected chi connectivity index (χ0v) is 11.2. The minimum atomic E-state index is 0.366. The normalized spacial score (nSPS) is 9.74. The first-order chi connectivity index (χ1) is 9.06. The second kappa shape index (κ2) is 5.01. The summed E-state index contributed by atoms with van der Waals surface area (Å²) in [6.45, 7) is 1.77. The number of nitriles is 2. The maximum absolute atomic E-state index is 9.11. The summed E-state index contributed by atoms with van der Waals surface area (Å²) in [7, 11) is 1.75. The zero-order valence-electron chi connectivity index (χ0n) is 10.4. The van der Waals surface area contributed by atoms with E-state index in [4.69, 9.17) is 22.1 Å². The van der Waals surface area contributed by atoms with Gasteiger partial charge < -0.3 is 5.32 Å². The van der Waals surface area contributed by atoms with Gasteiger partial charge in [-0.3, -0.25) is 4.68 Å². The Morgan fingerprint density at radius 1 is 1.32 bits per heavy atom. The lowest BCUT2D eigenvalue weighted by Gasteiger charge is -2.08. The van der Waals surface area contributed by atoms with Gasteiger partial charge in [-0.15, -0.1) is 0 Å². The van der Waals surface area contributed by atoms with Crippen LogP contribution in [0.1, 0.15) is 16.8 Å². The molecule has 0 unspecified atom stereocenters. The van der Waals surface area contributed by atoms with Gasteiger partial charge in [-0.05, 0) is 25.1 Å². The third-order valence-electron chi connectivity index (χ3n) is 2.69. The van der Waals surface area contributed by atoms with Gasteiger partial charge in [0, 0.05) is 12.7 Å². The second-order valence-corrected chi connectivity index (χ2v) is 4.38. The first kappa shape index (κ1) is 12.9. The number of aromatic nitrogens is 2. The van der Waals surface area contributed by atoms with Gasteiger partial charge in [0.25, 0.3) is 0 Å². The summed E-state index contributed by atoms with van der Waals surface area (Å²) in [6.07, 6.45) is 0. The third kappa shape index (κ3) is 2.37. The van der Waals surface area contributed by atoms with E-state index in [0.717, 1.165) is 0 Å². The lowest BCUT2D eigenvalue weighted by molar-refractivity contribution is 0.765. The molecule has 19 heavy (non-hydrogen) atoms. The summed E-state index contributed by atoms with van der Waals surface area (Å²) in [5.41, 5.74) is 2.26. The number of hydrogen-bond acceptors (Lipinski definition) is 4. The Kier molecular flexibility index (Phi) is 3.41. The molecule has 1 aromatic carbocycles. The fraction of sp³-hybridized carbons (Fsp3) is 0.154. The van der Waals surface area contributed by atoms with Crippen molar-refractivity contribution in [3.05, 3.63) is 40.0 Å². The lowest BCUT2D eigenvalue weighted by Crippen LogP contribution is -2.00. The SMILES string of the molecule is Cc1nn(C)c(Nc2ccc(C#N)c(Cl)c2)c1C#N. The Labute approximate surface area is 115 Å². The van der Waals surface area contributed by atoms with E-state index in [-0.39, 0.29) is 0 Å². The first-order valence-electron chi connectivity index (χ1n) is 5.47. The van der Waals surface area contributed by atoms with Crippen LogP contribution in [0, 0.1) is 29.6 Å². The molecule has 0 aliphatic carbocycles. The highest BCUT2D eigenvalue weighted by molar-refractivity contribution is 6.32. The molecule has 0 saturated carbocycles. The summed E-state index contributed by atoms with van der Waals surface area (Å²) >= 11 is 5.96. The molecule has 0 amide bonds. The Balaban J connectivity index is 2.40. The average molecular weight is 272 g/mol. The van der Waals surface area contributed by atoms with E-state index < -0.39 is 0 Å². The molecule has 2 rings (SSSR count). The van der Waals surface area contributed by atoms with E-state index >= 15 is 0 Å². The van der Waals surface area contributed by atoms with Crippen molar-refractivity contribution >= 4 is 23.1 Å². The van der Waals surface area contributed by atoms with Gasteiger partial charge in [-0.1, -0.05) is 11.6 Å². The Morgan fingerprint density at radius 3 is 2.63 bits per heavy atom. The number of halogens is 1. The van der Waals surface area contributed by atoms with Crippen molar-refractivity contribution in [3.63, 3.8) is 0 Å². The number of benzene rings is 1. The summed E-state index contributed by atoms with van der Waals surface area (Å²) in [6, 6.07) is 9.10. The van der Waals surface area contributed by atoms with Gasteiger partial charge in [-0.2, -0.15) is 15.6 Å². The Morgan fingerprint density at radius 2 is 2.05 bits per heavy atom. The maximum Gasteiger partial charge on any atom is 0.146 e. The molecule has 0 radical (unpaired) electrons. The molecule has 94 valence electrons. The molecule has 2 aromatic rings. The van der Waals surface area contributed by atoms with E-state index in [9.17, 15) is 0 Å². The Hall–Kier alpha value is -2.50. The lowest BCUT2D eigenvalue weighted by atomic mass is 10.2. The molecule has 0 atom stereocenters. The van der Waals surface area contributed by atoms with Crippen LogP contribution in [0.5, 0.6) is 0 Å². The quantitative estimate of drug-likeness (QED) is 0.911. The topological polar surface area (TPSA) is 77.4 Å². The van der Waals surface area contributed by atoms with E-state index in [0.29, 0.717) is 33.3 Å². The average Bonchev–Trinajstić information content (AvgIpc) is 2.64. The van der Waals surface area contributed by atoms with Gasteiger partial charge in [0.1, 0.15) is 23.5 Å². The number of rotatable bonds is 2. The maximum atomic E-state index is 9.11. The van der Waals surface area contributed by atoms with Crippen LogP contribution in [0.15, 0.2) is 18.2 Å². The predicted octanol–water partition coefficient (Wildman–Crippen LogP) is 2.87. The second-order valence-electron chi connectivity index (χ2n) is 3.98. The van der Waals surface area contributed by atoms with E-state index in [1.165, 1.54) is 0 Å². The monoisotopic (exact) mass is 271 g/mol. The molecular formula is C13H10ClN5. The zero-order chi connectivity index (χ0) is 14.0. The van der Waals surface area contributed by atoms with Crippen molar-refractivity contribution in [2.75, 3.05) is 5.32 Å². The molecule has 5 nitrogen and oxygen atoms in total. The molecular weight excluding hydrogens is 262 g/mol. The summed E-state index contributed by atoms with van der Waals surface area (Å²) in [5.74, 6) is 0.598. The summed E-state index contributed by atoms with van der Waals surface area (Å²) in [4.78, 5) is 0. The van der Waals surface area contributed by atoms with Crippen LogP contribution in [0.25, 0.3) is 0 Å². The van der Waals surface area contributed by atoms with E-state index in [1.807, 2.05) is 6.07 Å². The Bertz CT molecular complexity index is 718. The van der Waals surface area contributed by atoms with E-state index in [2.05, 4.69) is 16.5 Å². The van der Waals surface area contributed by atoms with Crippen molar-refractivity contribution in [1.29, 1.82) is 10.5 Å². The van der Waals surface area contributed by atoms with E-state index in [1.54, 1.807) is 36.9 Å². The number of nitrogens with zero attached hydrogens (tertiary/aromatic N) is 4. The highest BCUT2D eigenvalue weighted by atomic mass is 35.5. The minimum absolute atomic E-state index is 0.366. The standard InChI is InChI=1S/C13H10ClN5/c1-8-11(7-16)13(19(2)18-8)17-10-4-3-9(6-15)12(14)5-10/h3-5,17H,1-2H3. The van der Waals surface area contributed by atoms with Crippen LogP contribution in [0.3, 0.4) is 0 Å². The fourth-order valence-electron chi connectivity index (χ4n) is 1.76. The molecule has 1 aromatic heterocycles. The molecule has 0 bridgehead atoms. The number of hydrogen-bond donors (Lipinski definition) is 1. The van der Waals surface area contributed by atoms with Gasteiger partial charge in [0.15, 0.2) is 0 Å². The molecule has 1 N–H and O–H groups in total. The largest absolute Gasteiger partial charge is 0.339 e. The smallest absolute Gasteiger partial charge is 0.146 e. The van der Waals surface area contributed by atoms with Crippen molar-refractivity contribution in [3.8, 4) is 12.1 Å². The van der Waals surface area contributed by atoms with Crippen molar-refractivity contribution in [2.24, 2.45) is 7.05 Å². The highest BCUT2D eigenvalue weighted by Crippen LogP contribution is 2.25. The molecule has 0 spiro atoms. The van der Waals surface area contributed by atoms with Crippen LogP contribution in [-0.4, -0.2) is 9.78 Å². The van der Waals surface area contributed by atoms with Gasteiger partial charge in [0.05, 0.1) is 16.3 Å². The van der Waals surface area contributed by atoms with Crippen LogP contribution in [0.2, 0.25) is 5.02 Å². The number of anilines is 2. The predicted molar refractivity (Wildman–Crippen MR) is 72.1 cm³/mol. The summed E-state index contributed by atoms with van der Waals surface area (Å²) < 4.78 is 1.60. The fourth-order valence-corrected chi connectivity index (χ4v) is 1.98. The van der Waals surface area contributed by atoms with Crippen LogP contribution < -0.4 is 5.32 Å². The minimum Gasteiger partial charge on any atom is -0.339 e. The molecule has 0 aliphatic heterocycles.